The van der Waals surface area contributed by atoms with Crippen molar-refractivity contribution in [1.82, 2.24) is 0 Å². The zero-order chi connectivity index (χ0) is 25.9. The van der Waals surface area contributed by atoms with Crippen LogP contribution >= 0.6 is 46.1 Å². The Morgan fingerprint density at radius 2 is 1.67 bits per heavy atom. The molecule has 0 unspecified atom stereocenters. The van der Waals surface area contributed by atoms with Gasteiger partial charge in [0.15, 0.2) is 6.10 Å². The van der Waals surface area contributed by atoms with Crippen LogP contribution in [0.4, 0.5) is 10.7 Å². The van der Waals surface area contributed by atoms with Crippen molar-refractivity contribution in [3.8, 4) is 0 Å². The molecule has 7 nitrogen and oxygen atoms in total. The fourth-order valence-corrected chi connectivity index (χ4v) is 6.39. The van der Waals surface area contributed by atoms with Crippen molar-refractivity contribution in [3.05, 3.63) is 79.1 Å². The van der Waals surface area contributed by atoms with Crippen molar-refractivity contribution in [1.29, 1.82) is 0 Å². The molecular formula is C25H19Cl3N2O5S. The van der Waals surface area contributed by atoms with E-state index < -0.39 is 35.8 Å². The molecule has 2 aliphatic heterocycles. The Labute approximate surface area is 226 Å². The lowest BCUT2D eigenvalue weighted by Gasteiger charge is -2.29. The monoisotopic (exact) mass is 564 g/mol. The van der Waals surface area contributed by atoms with Crippen LogP contribution < -0.4 is 9.96 Å². The lowest BCUT2D eigenvalue weighted by atomic mass is 9.90. The molecule has 2 aliphatic rings. The van der Waals surface area contributed by atoms with E-state index in [0.29, 0.717) is 31.9 Å². The van der Waals surface area contributed by atoms with Crippen molar-refractivity contribution in [2.75, 3.05) is 17.1 Å². The summed E-state index contributed by atoms with van der Waals surface area (Å²) in [6, 6.07) is 11.0. The lowest BCUT2D eigenvalue weighted by Crippen LogP contribution is -2.37. The molecule has 1 aromatic heterocycles. The number of hydrogen-bond acceptors (Lipinski definition) is 7. The Kier molecular flexibility index (Phi) is 6.51. The van der Waals surface area contributed by atoms with Crippen molar-refractivity contribution in [3.63, 3.8) is 0 Å². The molecule has 3 aromatic rings. The maximum Gasteiger partial charge on any atom is 0.341 e. The van der Waals surface area contributed by atoms with Crippen molar-refractivity contribution >= 4 is 74.6 Å². The number of carbonyl (C=O) groups is 3. The summed E-state index contributed by atoms with van der Waals surface area (Å²) in [6.45, 7) is 3.57. The van der Waals surface area contributed by atoms with E-state index in [4.69, 9.17) is 44.4 Å². The van der Waals surface area contributed by atoms with E-state index in [0.717, 1.165) is 9.78 Å². The molecule has 3 heterocycles. The largest absolute Gasteiger partial charge is 0.465 e. The summed E-state index contributed by atoms with van der Waals surface area (Å²) in [5, 5.41) is 3.02. The molecule has 0 radical (unpaired) electrons. The maximum absolute atomic E-state index is 13.9. The van der Waals surface area contributed by atoms with Gasteiger partial charge < -0.3 is 4.74 Å². The molecule has 186 valence electrons. The van der Waals surface area contributed by atoms with Crippen LogP contribution in [0.2, 0.25) is 15.1 Å². The van der Waals surface area contributed by atoms with Gasteiger partial charge in [0.25, 0.3) is 5.91 Å². The van der Waals surface area contributed by atoms with Crippen LogP contribution in [0.25, 0.3) is 0 Å². The second-order valence-corrected chi connectivity index (χ2v) is 10.9. The van der Waals surface area contributed by atoms with E-state index in [9.17, 15) is 14.4 Å². The number of hydroxylamine groups is 1. The van der Waals surface area contributed by atoms with Gasteiger partial charge in [-0.2, -0.15) is 0 Å². The molecule has 2 fully saturated rings. The summed E-state index contributed by atoms with van der Waals surface area (Å²) in [5.74, 6) is -2.61. The molecule has 0 saturated carbocycles. The molecule has 2 amide bonds. The van der Waals surface area contributed by atoms with Gasteiger partial charge in [0.05, 0.1) is 24.4 Å². The number of hydrogen-bond donors (Lipinski definition) is 0. The third-order valence-corrected chi connectivity index (χ3v) is 8.44. The van der Waals surface area contributed by atoms with Gasteiger partial charge in [0, 0.05) is 19.9 Å². The van der Waals surface area contributed by atoms with Crippen LogP contribution in [0.5, 0.6) is 0 Å². The van der Waals surface area contributed by atoms with Gasteiger partial charge in [-0.25, -0.2) is 14.8 Å². The van der Waals surface area contributed by atoms with Crippen LogP contribution in [-0.4, -0.2) is 31.0 Å². The number of fused-ring (bicyclic) bond motifs is 1. The first-order chi connectivity index (χ1) is 17.1. The number of ether oxygens (including phenoxy) is 1. The van der Waals surface area contributed by atoms with Crippen LogP contribution in [-0.2, 0) is 19.2 Å². The summed E-state index contributed by atoms with van der Waals surface area (Å²) in [5.41, 5.74) is 2.01. The van der Waals surface area contributed by atoms with E-state index in [2.05, 4.69) is 0 Å². The minimum Gasteiger partial charge on any atom is -0.465 e. The predicted octanol–water partition coefficient (Wildman–Crippen LogP) is 6.16. The molecular weight excluding hydrogens is 547 g/mol. The molecule has 5 rings (SSSR count). The van der Waals surface area contributed by atoms with Gasteiger partial charge in [0.1, 0.15) is 10.9 Å². The van der Waals surface area contributed by atoms with Crippen molar-refractivity contribution < 1.29 is 24.0 Å². The summed E-state index contributed by atoms with van der Waals surface area (Å²) in [4.78, 5) is 48.1. The Bertz CT molecular complexity index is 1410. The topological polar surface area (TPSA) is 76.2 Å². The number of imide groups is 1. The average molecular weight is 566 g/mol. The van der Waals surface area contributed by atoms with E-state index in [1.165, 1.54) is 23.5 Å². The van der Waals surface area contributed by atoms with Crippen molar-refractivity contribution in [2.45, 2.75) is 26.0 Å². The number of nitrogens with zero attached hydrogens (tertiary/aromatic N) is 2. The molecule has 36 heavy (non-hydrogen) atoms. The highest BCUT2D eigenvalue weighted by Gasteiger charge is 2.61. The van der Waals surface area contributed by atoms with Gasteiger partial charge in [-0.3, -0.25) is 14.4 Å². The molecule has 11 heteroatoms. The zero-order valence-electron chi connectivity index (χ0n) is 19.3. The fourth-order valence-electron chi connectivity index (χ4n) is 4.59. The van der Waals surface area contributed by atoms with Crippen molar-refractivity contribution in [2.24, 2.45) is 5.92 Å². The Morgan fingerprint density at radius 3 is 2.31 bits per heavy atom. The van der Waals surface area contributed by atoms with E-state index in [1.54, 1.807) is 49.4 Å². The van der Waals surface area contributed by atoms with Gasteiger partial charge in [-0.15, -0.1) is 11.3 Å². The first kappa shape index (κ1) is 25.0. The van der Waals surface area contributed by atoms with E-state index >= 15 is 0 Å². The third kappa shape index (κ3) is 3.88. The number of halogens is 3. The summed E-state index contributed by atoms with van der Waals surface area (Å²) in [6.07, 6.45) is -1.13. The molecule has 0 spiro atoms. The smallest absolute Gasteiger partial charge is 0.341 e. The summed E-state index contributed by atoms with van der Waals surface area (Å²) in [7, 11) is 1.26. The zero-order valence-corrected chi connectivity index (χ0v) is 22.3. The minimum atomic E-state index is -1.13. The first-order valence-corrected chi connectivity index (χ1v) is 12.8. The van der Waals surface area contributed by atoms with Crippen LogP contribution in [0, 0.1) is 19.8 Å². The Hall–Kier alpha value is -2.62. The molecule has 0 aliphatic carbocycles. The average Bonchev–Trinajstić information content (AvgIpc) is 3.44. The Balaban J connectivity index is 1.63. The number of methoxy groups -OCH3 is 1. The van der Waals surface area contributed by atoms with Crippen LogP contribution in [0.15, 0.2) is 42.5 Å². The molecule has 0 bridgehead atoms. The highest BCUT2D eigenvalue weighted by atomic mass is 35.5. The fraction of sp³-hybridized carbons (Fsp3) is 0.240. The molecule has 2 saturated heterocycles. The number of anilines is 2. The maximum atomic E-state index is 13.9. The highest BCUT2D eigenvalue weighted by Crippen LogP contribution is 2.51. The van der Waals surface area contributed by atoms with Gasteiger partial charge in [0.2, 0.25) is 5.91 Å². The summed E-state index contributed by atoms with van der Waals surface area (Å²) >= 11 is 19.9. The molecule has 3 atom stereocenters. The highest BCUT2D eigenvalue weighted by molar-refractivity contribution is 7.17. The predicted molar refractivity (Wildman–Crippen MR) is 139 cm³/mol. The number of carbonyl (C=O) groups excluding carboxylic acids is 3. The summed E-state index contributed by atoms with van der Waals surface area (Å²) < 4.78 is 4.94. The quantitative estimate of drug-likeness (QED) is 0.278. The SMILES string of the molecule is COC(=O)c1c(N2C(=O)[C@H]3[C@@H](ON(c4ccc(Cl)cc4)[C@H]3c3ccc(Cl)cc3Cl)C2=O)sc(C)c1C. The van der Waals surface area contributed by atoms with E-state index in [-0.39, 0.29) is 10.6 Å². The third-order valence-electron chi connectivity index (χ3n) is 6.44. The number of thiophene rings is 1. The van der Waals surface area contributed by atoms with E-state index in [1.807, 2.05) is 6.92 Å². The van der Waals surface area contributed by atoms with Gasteiger partial charge >= 0.3 is 5.97 Å². The number of amides is 2. The van der Waals surface area contributed by atoms with Crippen LogP contribution in [0.3, 0.4) is 0 Å². The normalized spacial score (nSPS) is 21.3. The number of benzene rings is 2. The number of rotatable bonds is 4. The second kappa shape index (κ2) is 9.36. The number of esters is 1. The second-order valence-electron chi connectivity index (χ2n) is 8.43. The van der Waals surface area contributed by atoms with Gasteiger partial charge in [-0.05, 0) is 61.4 Å². The molecule has 2 aromatic carbocycles. The van der Waals surface area contributed by atoms with Crippen LogP contribution in [0.1, 0.15) is 32.4 Å². The molecule has 0 N–H and O–H groups in total. The minimum absolute atomic E-state index is 0.192. The Morgan fingerprint density at radius 1 is 1.00 bits per heavy atom. The number of aryl methyl sites for hydroxylation is 1. The van der Waals surface area contributed by atoms with Gasteiger partial charge in [-0.1, -0.05) is 40.9 Å². The first-order valence-electron chi connectivity index (χ1n) is 10.9. The standard InChI is InChI=1S/C25H19Cl3N2O5S/c1-11-12(2)36-24(18(11)25(33)34-3)29-22(31)19-20(16-9-6-14(27)10-17(16)28)30(35-21(19)23(29)32)15-7-4-13(26)5-8-15/h4-10,19-21H,1-3H3/t19-,20+,21-/m1/s1. The lowest BCUT2D eigenvalue weighted by molar-refractivity contribution is -0.126.